The van der Waals surface area contributed by atoms with Crippen LogP contribution in [0, 0.1) is 0 Å². The smallest absolute Gasteiger partial charge is 0.152 e. The fourth-order valence-corrected chi connectivity index (χ4v) is 8.19. The fourth-order valence-electron chi connectivity index (χ4n) is 8.19. The Morgan fingerprint density at radius 1 is 0.442 bits per heavy atom. The molecule has 0 spiro atoms. The van der Waals surface area contributed by atoms with Crippen molar-refractivity contribution in [2.45, 2.75) is 19.3 Å². The quantitative estimate of drug-likeness (QED) is 0.182. The highest BCUT2D eigenvalue weighted by molar-refractivity contribution is 5.92. The number of para-hydroxylation sites is 3. The molecule has 0 saturated carbocycles. The number of hydrogen-bond donors (Lipinski definition) is 0. The van der Waals surface area contributed by atoms with E-state index in [1.54, 1.807) is 0 Å². The Balaban J connectivity index is 1.05. The summed E-state index contributed by atoms with van der Waals surface area (Å²) in [5.74, 6) is 1.68. The topological polar surface area (TPSA) is 15.7 Å². The molecular weight excluding hydrogens is 633 g/mol. The molecule has 52 heavy (non-hydrogen) atoms. The summed E-state index contributed by atoms with van der Waals surface area (Å²) in [4.78, 5) is 4.67. The molecule has 0 amide bonds. The van der Waals surface area contributed by atoms with Crippen molar-refractivity contribution in [1.29, 1.82) is 0 Å². The molecule has 3 heteroatoms. The van der Waals surface area contributed by atoms with Crippen molar-refractivity contribution in [3.05, 3.63) is 193 Å². The molecule has 0 atom stereocenters. The van der Waals surface area contributed by atoms with Gasteiger partial charge in [0.25, 0.3) is 0 Å². The summed E-state index contributed by atoms with van der Waals surface area (Å²) >= 11 is 0. The van der Waals surface area contributed by atoms with Gasteiger partial charge in [0.15, 0.2) is 11.5 Å². The Morgan fingerprint density at radius 3 is 1.94 bits per heavy atom. The molecule has 0 fully saturated rings. The second-order valence-corrected chi connectivity index (χ2v) is 14.2. The van der Waals surface area contributed by atoms with Crippen LogP contribution in [0.4, 0.5) is 34.1 Å². The van der Waals surface area contributed by atoms with Crippen LogP contribution >= 0.6 is 0 Å². The van der Waals surface area contributed by atoms with Gasteiger partial charge in [0.05, 0.1) is 11.4 Å². The monoisotopic (exact) mass is 668 g/mol. The molecule has 0 saturated heterocycles. The van der Waals surface area contributed by atoms with E-state index < -0.39 is 0 Å². The fraction of sp³-hybridized carbons (Fsp3) is 0.0612. The Bertz CT molecular complexity index is 2640. The van der Waals surface area contributed by atoms with Crippen molar-refractivity contribution in [2.75, 3.05) is 9.80 Å². The molecule has 8 aromatic carbocycles. The van der Waals surface area contributed by atoms with Gasteiger partial charge < -0.3 is 14.5 Å². The number of rotatable bonds is 5. The molecule has 0 aromatic heterocycles. The Morgan fingerprint density at radius 2 is 1.08 bits per heavy atom. The average molecular weight is 669 g/mol. The molecule has 2 aliphatic rings. The first-order valence-corrected chi connectivity index (χ1v) is 17.9. The summed E-state index contributed by atoms with van der Waals surface area (Å²) in [5.41, 5.74) is 14.1. The van der Waals surface area contributed by atoms with E-state index >= 15 is 0 Å². The van der Waals surface area contributed by atoms with E-state index in [2.05, 4.69) is 194 Å². The molecule has 1 aliphatic heterocycles. The van der Waals surface area contributed by atoms with E-state index in [0.717, 1.165) is 56.8 Å². The maximum Gasteiger partial charge on any atom is 0.152 e. The van der Waals surface area contributed by atoms with Crippen molar-refractivity contribution in [3.63, 3.8) is 0 Å². The maximum absolute atomic E-state index is 6.53. The summed E-state index contributed by atoms with van der Waals surface area (Å²) in [6, 6.07) is 65.3. The van der Waals surface area contributed by atoms with E-state index in [1.165, 1.54) is 33.0 Å². The van der Waals surface area contributed by atoms with Crippen LogP contribution in [0.2, 0.25) is 0 Å². The SMILES string of the molecule is CC1(C)c2ccccc2-c2ccc(N(c3ccc(-c4ccc5c(c4)Oc4ccccc4N5c4ccccc4)cc3)c3ccc4ccccc4c3)cc21. The highest BCUT2D eigenvalue weighted by Crippen LogP contribution is 2.52. The molecule has 10 rings (SSSR count). The lowest BCUT2D eigenvalue weighted by molar-refractivity contribution is 0.477. The van der Waals surface area contributed by atoms with Crippen LogP contribution in [0.1, 0.15) is 25.0 Å². The van der Waals surface area contributed by atoms with Gasteiger partial charge >= 0.3 is 0 Å². The molecule has 1 aliphatic carbocycles. The molecular formula is C49H36N2O. The van der Waals surface area contributed by atoms with Gasteiger partial charge in [-0.15, -0.1) is 0 Å². The Kier molecular flexibility index (Phi) is 6.84. The highest BCUT2D eigenvalue weighted by Gasteiger charge is 2.35. The Labute approximate surface area is 304 Å². The molecule has 0 unspecified atom stereocenters. The molecule has 3 nitrogen and oxygen atoms in total. The zero-order valence-corrected chi connectivity index (χ0v) is 29.1. The van der Waals surface area contributed by atoms with Gasteiger partial charge in [0, 0.05) is 28.2 Å². The van der Waals surface area contributed by atoms with Crippen molar-refractivity contribution < 1.29 is 4.74 Å². The van der Waals surface area contributed by atoms with Crippen molar-refractivity contribution in [2.24, 2.45) is 0 Å². The minimum atomic E-state index is -0.0913. The van der Waals surface area contributed by atoms with Gasteiger partial charge in [-0.3, -0.25) is 0 Å². The van der Waals surface area contributed by atoms with Gasteiger partial charge in [0.1, 0.15) is 0 Å². The molecule has 0 radical (unpaired) electrons. The number of benzene rings is 8. The molecule has 248 valence electrons. The van der Waals surface area contributed by atoms with Gasteiger partial charge in [-0.2, -0.15) is 0 Å². The van der Waals surface area contributed by atoms with Gasteiger partial charge in [-0.1, -0.05) is 123 Å². The largest absolute Gasteiger partial charge is 0.453 e. The summed E-state index contributed by atoms with van der Waals surface area (Å²) in [6.07, 6.45) is 0. The van der Waals surface area contributed by atoms with Gasteiger partial charge in [-0.05, 0) is 117 Å². The zero-order chi connectivity index (χ0) is 34.8. The first-order chi connectivity index (χ1) is 25.5. The highest BCUT2D eigenvalue weighted by atomic mass is 16.5. The van der Waals surface area contributed by atoms with E-state index in [-0.39, 0.29) is 5.41 Å². The summed E-state index contributed by atoms with van der Waals surface area (Å²) in [7, 11) is 0. The Hall–Kier alpha value is -6.58. The molecule has 1 heterocycles. The van der Waals surface area contributed by atoms with E-state index in [0.29, 0.717) is 0 Å². The number of anilines is 6. The first-order valence-electron chi connectivity index (χ1n) is 17.9. The van der Waals surface area contributed by atoms with E-state index in [1.807, 2.05) is 12.1 Å². The van der Waals surface area contributed by atoms with Crippen LogP contribution < -0.4 is 14.5 Å². The minimum absolute atomic E-state index is 0.0913. The third kappa shape index (κ3) is 4.81. The second kappa shape index (κ2) is 11.8. The summed E-state index contributed by atoms with van der Waals surface area (Å²) in [5, 5.41) is 2.45. The zero-order valence-electron chi connectivity index (χ0n) is 29.1. The average Bonchev–Trinajstić information content (AvgIpc) is 3.43. The first kappa shape index (κ1) is 30.3. The van der Waals surface area contributed by atoms with Gasteiger partial charge in [-0.25, -0.2) is 0 Å². The van der Waals surface area contributed by atoms with Crippen LogP contribution in [0.15, 0.2) is 182 Å². The van der Waals surface area contributed by atoms with E-state index in [4.69, 9.17) is 4.74 Å². The number of ether oxygens (including phenoxy) is 1. The predicted molar refractivity (Wildman–Crippen MR) is 216 cm³/mol. The summed E-state index contributed by atoms with van der Waals surface area (Å²) in [6.45, 7) is 4.69. The van der Waals surface area contributed by atoms with Crippen LogP contribution in [-0.2, 0) is 5.41 Å². The van der Waals surface area contributed by atoms with Crippen LogP contribution in [0.3, 0.4) is 0 Å². The molecule has 8 aromatic rings. The lowest BCUT2D eigenvalue weighted by atomic mass is 9.82. The van der Waals surface area contributed by atoms with Crippen molar-refractivity contribution >= 4 is 44.9 Å². The lowest BCUT2D eigenvalue weighted by Gasteiger charge is -2.33. The standard InChI is InChI=1S/C49H36N2O/c1-49(2)43-17-9-8-16-41(43)42-28-27-40(32-44(42)49)50(39-26-22-33-12-6-7-13-35(33)30-39)38-24-20-34(21-25-38)36-23-29-46-48(31-36)52-47-19-11-10-18-45(47)51(46)37-14-4-3-5-15-37/h3-32H,1-2H3. The molecule has 0 N–H and O–H groups in total. The molecule has 0 bridgehead atoms. The lowest BCUT2D eigenvalue weighted by Crippen LogP contribution is -2.16. The van der Waals surface area contributed by atoms with Crippen LogP contribution in [0.5, 0.6) is 11.5 Å². The van der Waals surface area contributed by atoms with Crippen LogP contribution in [-0.4, -0.2) is 0 Å². The number of nitrogens with zero attached hydrogens (tertiary/aromatic N) is 2. The normalized spacial score (nSPS) is 13.5. The van der Waals surface area contributed by atoms with Crippen molar-refractivity contribution in [3.8, 4) is 33.8 Å². The van der Waals surface area contributed by atoms with Gasteiger partial charge in [0.2, 0.25) is 0 Å². The maximum atomic E-state index is 6.53. The predicted octanol–water partition coefficient (Wildman–Crippen LogP) is 13.9. The third-order valence-electron chi connectivity index (χ3n) is 10.8. The summed E-state index contributed by atoms with van der Waals surface area (Å²) < 4.78 is 6.53. The van der Waals surface area contributed by atoms with E-state index in [9.17, 15) is 0 Å². The second-order valence-electron chi connectivity index (χ2n) is 14.2. The van der Waals surface area contributed by atoms with Crippen LogP contribution in [0.25, 0.3) is 33.0 Å². The number of fused-ring (bicyclic) bond motifs is 6. The number of hydrogen-bond acceptors (Lipinski definition) is 3. The van der Waals surface area contributed by atoms with Crippen molar-refractivity contribution in [1.82, 2.24) is 0 Å². The minimum Gasteiger partial charge on any atom is -0.453 e. The third-order valence-corrected chi connectivity index (χ3v) is 10.8.